The van der Waals surface area contributed by atoms with Crippen LogP contribution in [0.15, 0.2) is 12.1 Å². The molecule has 1 heterocycles. The molecule has 1 aromatic rings. The van der Waals surface area contributed by atoms with Crippen LogP contribution >= 0.6 is 0 Å². The predicted octanol–water partition coefficient (Wildman–Crippen LogP) is 2.11. The van der Waals surface area contributed by atoms with Crippen LogP contribution in [-0.2, 0) is 7.05 Å². The molecule has 84 valence electrons. The minimum atomic E-state index is 0.00630. The van der Waals surface area contributed by atoms with Crippen molar-refractivity contribution in [3.63, 3.8) is 0 Å². The molecule has 0 radical (unpaired) electrons. The Balaban J connectivity index is 2.74. The monoisotopic (exact) mass is 208 g/mol. The topological polar surface area (TPSA) is 34.0 Å². The van der Waals surface area contributed by atoms with Gasteiger partial charge in [-0.1, -0.05) is 13.8 Å². The van der Waals surface area contributed by atoms with Gasteiger partial charge in [0.1, 0.15) is 5.69 Å². The molecule has 15 heavy (non-hydrogen) atoms. The van der Waals surface area contributed by atoms with Crippen LogP contribution in [0.3, 0.4) is 0 Å². The minimum absolute atomic E-state index is 0.00630. The van der Waals surface area contributed by atoms with E-state index in [0.717, 1.165) is 11.4 Å². The van der Waals surface area contributed by atoms with Crippen LogP contribution in [-0.4, -0.2) is 16.5 Å². The van der Waals surface area contributed by atoms with E-state index in [1.54, 1.807) is 0 Å². The van der Waals surface area contributed by atoms with E-state index < -0.39 is 0 Å². The summed E-state index contributed by atoms with van der Waals surface area (Å²) in [6.45, 7) is 8.21. The Kier molecular flexibility index (Phi) is 3.56. The summed E-state index contributed by atoms with van der Waals surface area (Å²) in [4.78, 5) is 11.9. The van der Waals surface area contributed by atoms with E-state index in [4.69, 9.17) is 0 Å². The first-order valence-corrected chi connectivity index (χ1v) is 5.36. The Morgan fingerprint density at radius 2 is 1.93 bits per heavy atom. The number of carbonyl (C=O) groups is 1. The van der Waals surface area contributed by atoms with E-state index in [1.807, 2.05) is 37.6 Å². The molecule has 1 amide bonds. The Hall–Kier alpha value is -1.25. The smallest absolute Gasteiger partial charge is 0.268 e. The van der Waals surface area contributed by atoms with Gasteiger partial charge >= 0.3 is 0 Å². The van der Waals surface area contributed by atoms with Gasteiger partial charge in [-0.15, -0.1) is 0 Å². The van der Waals surface area contributed by atoms with Crippen molar-refractivity contribution in [3.8, 4) is 0 Å². The van der Waals surface area contributed by atoms with Crippen molar-refractivity contribution in [2.45, 2.75) is 33.7 Å². The van der Waals surface area contributed by atoms with Crippen molar-refractivity contribution >= 4 is 5.91 Å². The van der Waals surface area contributed by atoms with E-state index in [0.29, 0.717) is 5.92 Å². The Labute approximate surface area is 91.5 Å². The standard InChI is InChI=1S/C12H20N2O/c1-8(2)10(4)13-12(15)11-7-6-9(3)14(11)5/h6-8,10H,1-5H3,(H,13,15)/t10-/m1/s1. The fraction of sp³-hybridized carbons (Fsp3) is 0.583. The lowest BCUT2D eigenvalue weighted by atomic mass is 10.1. The third-order valence-electron chi connectivity index (χ3n) is 2.96. The van der Waals surface area contributed by atoms with Crippen LogP contribution in [0.25, 0.3) is 0 Å². The van der Waals surface area contributed by atoms with Crippen LogP contribution in [0.2, 0.25) is 0 Å². The van der Waals surface area contributed by atoms with E-state index >= 15 is 0 Å². The van der Waals surface area contributed by atoms with Crippen LogP contribution in [0.5, 0.6) is 0 Å². The molecule has 0 saturated heterocycles. The van der Waals surface area contributed by atoms with Crippen LogP contribution < -0.4 is 5.32 Å². The van der Waals surface area contributed by atoms with Gasteiger partial charge in [0.2, 0.25) is 0 Å². The second-order valence-electron chi connectivity index (χ2n) is 4.43. The first-order chi connectivity index (χ1) is 6.93. The number of nitrogens with zero attached hydrogens (tertiary/aromatic N) is 1. The van der Waals surface area contributed by atoms with Gasteiger partial charge in [-0.05, 0) is 31.9 Å². The number of aryl methyl sites for hydroxylation is 1. The molecule has 0 aromatic carbocycles. The SMILES string of the molecule is Cc1ccc(C(=O)N[C@H](C)C(C)C)n1C. The van der Waals surface area contributed by atoms with Gasteiger partial charge in [-0.3, -0.25) is 4.79 Å². The van der Waals surface area contributed by atoms with Gasteiger partial charge in [-0.2, -0.15) is 0 Å². The molecule has 0 aliphatic carbocycles. The predicted molar refractivity (Wildman–Crippen MR) is 61.9 cm³/mol. The second kappa shape index (κ2) is 4.51. The highest BCUT2D eigenvalue weighted by Gasteiger charge is 2.15. The average molecular weight is 208 g/mol. The highest BCUT2D eigenvalue weighted by Crippen LogP contribution is 2.07. The van der Waals surface area contributed by atoms with Crippen molar-refractivity contribution in [1.29, 1.82) is 0 Å². The van der Waals surface area contributed by atoms with Crippen molar-refractivity contribution < 1.29 is 4.79 Å². The molecule has 1 rings (SSSR count). The summed E-state index contributed by atoms with van der Waals surface area (Å²) in [5.74, 6) is 0.460. The summed E-state index contributed by atoms with van der Waals surface area (Å²) in [5.41, 5.74) is 1.82. The molecule has 0 fully saturated rings. The number of hydrogen-bond donors (Lipinski definition) is 1. The number of nitrogens with one attached hydrogen (secondary N) is 1. The molecule has 0 saturated carbocycles. The van der Waals surface area contributed by atoms with E-state index in [1.165, 1.54) is 0 Å². The maximum atomic E-state index is 11.9. The van der Waals surface area contributed by atoms with Crippen LogP contribution in [0, 0.1) is 12.8 Å². The quantitative estimate of drug-likeness (QED) is 0.811. The zero-order valence-corrected chi connectivity index (χ0v) is 10.2. The third kappa shape index (κ3) is 2.61. The van der Waals surface area contributed by atoms with Gasteiger partial charge < -0.3 is 9.88 Å². The summed E-state index contributed by atoms with van der Waals surface area (Å²) < 4.78 is 1.91. The summed E-state index contributed by atoms with van der Waals surface area (Å²) >= 11 is 0. The highest BCUT2D eigenvalue weighted by atomic mass is 16.2. The molecular weight excluding hydrogens is 188 g/mol. The molecule has 3 nitrogen and oxygen atoms in total. The Morgan fingerprint density at radius 1 is 1.33 bits per heavy atom. The van der Waals surface area contributed by atoms with Gasteiger partial charge in [0.25, 0.3) is 5.91 Å². The molecule has 1 aromatic heterocycles. The lowest BCUT2D eigenvalue weighted by molar-refractivity contribution is 0.0922. The van der Waals surface area contributed by atoms with E-state index in [9.17, 15) is 4.79 Å². The zero-order chi connectivity index (χ0) is 11.6. The van der Waals surface area contributed by atoms with Crippen molar-refractivity contribution in [2.24, 2.45) is 13.0 Å². The first kappa shape index (κ1) is 11.8. The van der Waals surface area contributed by atoms with E-state index in [2.05, 4.69) is 19.2 Å². The molecule has 0 spiro atoms. The maximum Gasteiger partial charge on any atom is 0.268 e. The zero-order valence-electron chi connectivity index (χ0n) is 10.2. The highest BCUT2D eigenvalue weighted by molar-refractivity contribution is 5.93. The molecular formula is C12H20N2O. The van der Waals surface area contributed by atoms with Crippen LogP contribution in [0.4, 0.5) is 0 Å². The number of carbonyl (C=O) groups excluding carboxylic acids is 1. The average Bonchev–Trinajstić information content (AvgIpc) is 2.47. The number of hydrogen-bond acceptors (Lipinski definition) is 1. The van der Waals surface area contributed by atoms with Gasteiger partial charge in [0, 0.05) is 18.8 Å². The van der Waals surface area contributed by atoms with Crippen LogP contribution in [0.1, 0.15) is 37.0 Å². The number of aromatic nitrogens is 1. The van der Waals surface area contributed by atoms with Crippen molar-refractivity contribution in [2.75, 3.05) is 0 Å². The van der Waals surface area contributed by atoms with Gasteiger partial charge in [0.15, 0.2) is 0 Å². The lowest BCUT2D eigenvalue weighted by Gasteiger charge is -2.17. The van der Waals surface area contributed by atoms with Crippen molar-refractivity contribution in [3.05, 3.63) is 23.5 Å². The van der Waals surface area contributed by atoms with Gasteiger partial charge in [0.05, 0.1) is 0 Å². The number of rotatable bonds is 3. The molecule has 0 bridgehead atoms. The molecule has 1 atom stereocenters. The largest absolute Gasteiger partial charge is 0.348 e. The summed E-state index contributed by atoms with van der Waals surface area (Å²) in [5, 5.41) is 2.99. The summed E-state index contributed by atoms with van der Waals surface area (Å²) in [6.07, 6.45) is 0. The first-order valence-electron chi connectivity index (χ1n) is 5.36. The molecule has 1 N–H and O–H groups in total. The van der Waals surface area contributed by atoms with Gasteiger partial charge in [-0.25, -0.2) is 0 Å². The Morgan fingerprint density at radius 3 is 2.33 bits per heavy atom. The molecule has 0 aliphatic heterocycles. The summed E-state index contributed by atoms with van der Waals surface area (Å²) in [6, 6.07) is 4.01. The normalized spacial score (nSPS) is 12.9. The van der Waals surface area contributed by atoms with Crippen molar-refractivity contribution in [1.82, 2.24) is 9.88 Å². The third-order valence-corrected chi connectivity index (χ3v) is 2.96. The summed E-state index contributed by atoms with van der Waals surface area (Å²) in [7, 11) is 1.91. The fourth-order valence-corrected chi connectivity index (χ4v) is 1.29. The van der Waals surface area contributed by atoms with E-state index in [-0.39, 0.29) is 11.9 Å². The number of amides is 1. The fourth-order valence-electron chi connectivity index (χ4n) is 1.29. The maximum absolute atomic E-state index is 11.9. The molecule has 0 aliphatic rings. The lowest BCUT2D eigenvalue weighted by Crippen LogP contribution is -2.36. The Bertz CT molecular complexity index is 353. The molecule has 3 heteroatoms. The second-order valence-corrected chi connectivity index (χ2v) is 4.43. The minimum Gasteiger partial charge on any atom is -0.348 e. The molecule has 0 unspecified atom stereocenters.